The van der Waals surface area contributed by atoms with Gasteiger partial charge in [0.15, 0.2) is 11.5 Å². The standard InChI is InChI=1S/C34H41N7O5/c1-24(2)28-20-31(38-33(37-28)40-15-14-35-23-40)41-17-16-39(34(43)46-22-26-8-6-5-7-9-26)21-27(41)19-32(42)36-13-12-25-10-11-29(44-3)30(18-25)45-4/h5-11,14-15,18,20,23-24,27H,12-13,16-17,19,21-22H2,1-4H3,(H,36,42). The molecule has 2 amide bonds. The summed E-state index contributed by atoms with van der Waals surface area (Å²) in [6.45, 7) is 5.98. The number of ether oxygens (including phenoxy) is 3. The summed E-state index contributed by atoms with van der Waals surface area (Å²) in [5.74, 6) is 2.52. The zero-order valence-electron chi connectivity index (χ0n) is 26.8. The van der Waals surface area contributed by atoms with E-state index in [1.807, 2.05) is 54.6 Å². The molecule has 0 radical (unpaired) electrons. The van der Waals surface area contributed by atoms with Crippen LogP contribution in [0, 0.1) is 0 Å². The second-order valence-electron chi connectivity index (χ2n) is 11.4. The fourth-order valence-corrected chi connectivity index (χ4v) is 5.35. The molecule has 1 unspecified atom stereocenters. The first-order chi connectivity index (χ1) is 22.3. The number of carbonyl (C=O) groups excluding carboxylic acids is 2. The van der Waals surface area contributed by atoms with Gasteiger partial charge in [0.2, 0.25) is 11.9 Å². The minimum Gasteiger partial charge on any atom is -0.493 e. The maximum absolute atomic E-state index is 13.4. The predicted molar refractivity (Wildman–Crippen MR) is 173 cm³/mol. The first-order valence-electron chi connectivity index (χ1n) is 15.4. The van der Waals surface area contributed by atoms with Crippen LogP contribution in [0.3, 0.4) is 0 Å². The summed E-state index contributed by atoms with van der Waals surface area (Å²) < 4.78 is 18.1. The van der Waals surface area contributed by atoms with Crippen molar-refractivity contribution in [2.45, 2.75) is 45.3 Å². The first-order valence-corrected chi connectivity index (χ1v) is 15.4. The van der Waals surface area contributed by atoms with E-state index in [2.05, 4.69) is 29.0 Å². The maximum Gasteiger partial charge on any atom is 0.410 e. The number of anilines is 1. The molecule has 0 aliphatic carbocycles. The number of aromatic nitrogens is 4. The number of hydrogen-bond donors (Lipinski definition) is 1. The largest absolute Gasteiger partial charge is 0.493 e. The highest BCUT2D eigenvalue weighted by Gasteiger charge is 2.33. The Bertz CT molecular complexity index is 1600. The van der Waals surface area contributed by atoms with Crippen molar-refractivity contribution in [2.75, 3.05) is 45.3 Å². The number of methoxy groups -OCH3 is 2. The number of piperazine rings is 1. The lowest BCUT2D eigenvalue weighted by atomic mass is 10.1. The van der Waals surface area contributed by atoms with Gasteiger partial charge in [0.05, 0.1) is 26.0 Å². The maximum atomic E-state index is 13.4. The molecule has 12 heteroatoms. The summed E-state index contributed by atoms with van der Waals surface area (Å²) in [4.78, 5) is 44.0. The molecular formula is C34H41N7O5. The van der Waals surface area contributed by atoms with Crippen molar-refractivity contribution in [3.63, 3.8) is 0 Å². The molecule has 3 heterocycles. The molecule has 4 aromatic rings. The highest BCUT2D eigenvalue weighted by atomic mass is 16.6. The molecule has 2 aromatic carbocycles. The molecule has 12 nitrogen and oxygen atoms in total. The lowest BCUT2D eigenvalue weighted by molar-refractivity contribution is -0.121. The molecule has 5 rings (SSSR count). The second-order valence-corrected chi connectivity index (χ2v) is 11.4. The van der Waals surface area contributed by atoms with Gasteiger partial charge in [-0.25, -0.2) is 14.8 Å². The van der Waals surface area contributed by atoms with Gasteiger partial charge >= 0.3 is 6.09 Å². The summed E-state index contributed by atoms with van der Waals surface area (Å²) in [5, 5.41) is 3.05. The van der Waals surface area contributed by atoms with Crippen molar-refractivity contribution in [2.24, 2.45) is 0 Å². The Morgan fingerprint density at radius 2 is 1.78 bits per heavy atom. The Balaban J connectivity index is 1.31. The summed E-state index contributed by atoms with van der Waals surface area (Å²) >= 11 is 0. The van der Waals surface area contributed by atoms with E-state index in [1.165, 1.54) is 0 Å². The van der Waals surface area contributed by atoms with Crippen LogP contribution in [0.25, 0.3) is 5.95 Å². The van der Waals surface area contributed by atoms with Gasteiger partial charge in [-0.15, -0.1) is 0 Å². The highest BCUT2D eigenvalue weighted by Crippen LogP contribution is 2.28. The number of hydrogen-bond acceptors (Lipinski definition) is 9. The Hall–Kier alpha value is -5.13. The SMILES string of the molecule is COc1ccc(CCNC(=O)CC2CN(C(=O)OCc3ccccc3)CCN2c2cc(C(C)C)nc(-n3ccnc3)n2)cc1OC. The quantitative estimate of drug-likeness (QED) is 0.244. The van der Waals surface area contributed by atoms with E-state index in [0.29, 0.717) is 55.9 Å². The van der Waals surface area contributed by atoms with Gasteiger partial charge in [0, 0.05) is 51.1 Å². The fourth-order valence-electron chi connectivity index (χ4n) is 5.35. The third kappa shape index (κ3) is 8.12. The molecule has 1 fully saturated rings. The van der Waals surface area contributed by atoms with Gasteiger partial charge in [-0.2, -0.15) is 4.98 Å². The Labute approximate surface area is 269 Å². The molecule has 0 spiro atoms. The van der Waals surface area contributed by atoms with Crippen LogP contribution >= 0.6 is 0 Å². The molecule has 1 saturated heterocycles. The molecule has 0 saturated carbocycles. The third-order valence-electron chi connectivity index (χ3n) is 7.89. The van der Waals surface area contributed by atoms with Crippen molar-refractivity contribution in [3.05, 3.63) is 90.1 Å². The van der Waals surface area contributed by atoms with Crippen molar-refractivity contribution in [3.8, 4) is 17.4 Å². The topological polar surface area (TPSA) is 124 Å². The lowest BCUT2D eigenvalue weighted by Crippen LogP contribution is -2.56. The fraction of sp³-hybridized carbons (Fsp3) is 0.382. The lowest BCUT2D eigenvalue weighted by Gasteiger charge is -2.41. The van der Waals surface area contributed by atoms with Gasteiger partial charge < -0.3 is 29.3 Å². The van der Waals surface area contributed by atoms with E-state index in [1.54, 1.807) is 42.4 Å². The molecule has 46 heavy (non-hydrogen) atoms. The number of amides is 2. The molecule has 1 N–H and O–H groups in total. The minimum absolute atomic E-state index is 0.122. The Kier molecular flexibility index (Phi) is 10.7. The Morgan fingerprint density at radius 1 is 0.978 bits per heavy atom. The van der Waals surface area contributed by atoms with E-state index in [9.17, 15) is 9.59 Å². The second kappa shape index (κ2) is 15.2. The van der Waals surface area contributed by atoms with E-state index >= 15 is 0 Å². The molecule has 242 valence electrons. The molecular weight excluding hydrogens is 586 g/mol. The molecule has 1 aliphatic heterocycles. The van der Waals surface area contributed by atoms with Crippen LogP contribution in [-0.4, -0.2) is 82.9 Å². The predicted octanol–water partition coefficient (Wildman–Crippen LogP) is 4.38. The van der Waals surface area contributed by atoms with Crippen LogP contribution in [0.2, 0.25) is 0 Å². The monoisotopic (exact) mass is 627 g/mol. The van der Waals surface area contributed by atoms with E-state index < -0.39 is 6.09 Å². The number of rotatable bonds is 12. The van der Waals surface area contributed by atoms with Crippen molar-refractivity contribution >= 4 is 17.8 Å². The first kappa shape index (κ1) is 32.3. The van der Waals surface area contributed by atoms with Gasteiger partial charge in [0.25, 0.3) is 0 Å². The number of carbonyl (C=O) groups is 2. The molecule has 1 aliphatic rings. The molecule has 1 atom stereocenters. The van der Waals surface area contributed by atoms with Crippen molar-refractivity contribution < 1.29 is 23.8 Å². The van der Waals surface area contributed by atoms with Crippen molar-refractivity contribution in [1.82, 2.24) is 29.7 Å². The molecule has 0 bridgehead atoms. The summed E-state index contributed by atoms with van der Waals surface area (Å²) in [7, 11) is 3.19. The number of imidazole rings is 1. The minimum atomic E-state index is -0.410. The zero-order valence-corrected chi connectivity index (χ0v) is 26.8. The van der Waals surface area contributed by atoms with Gasteiger partial charge in [-0.1, -0.05) is 50.2 Å². The van der Waals surface area contributed by atoms with Crippen LogP contribution < -0.4 is 19.7 Å². The van der Waals surface area contributed by atoms with E-state index in [-0.39, 0.29) is 30.9 Å². The summed E-state index contributed by atoms with van der Waals surface area (Å²) in [6, 6.07) is 16.9. The van der Waals surface area contributed by atoms with Crippen molar-refractivity contribution in [1.29, 1.82) is 0 Å². The number of nitrogens with zero attached hydrogens (tertiary/aromatic N) is 6. The normalized spacial score (nSPS) is 14.7. The highest BCUT2D eigenvalue weighted by molar-refractivity contribution is 5.77. The smallest absolute Gasteiger partial charge is 0.410 e. The van der Waals surface area contributed by atoms with Gasteiger partial charge in [-0.3, -0.25) is 9.36 Å². The van der Waals surface area contributed by atoms with Crippen LogP contribution in [0.1, 0.15) is 43.0 Å². The Morgan fingerprint density at radius 3 is 2.50 bits per heavy atom. The van der Waals surface area contributed by atoms with E-state index in [0.717, 1.165) is 16.8 Å². The van der Waals surface area contributed by atoms with Crippen LogP contribution in [0.15, 0.2) is 73.3 Å². The van der Waals surface area contributed by atoms with Crippen LogP contribution in [0.4, 0.5) is 10.6 Å². The summed E-state index contributed by atoms with van der Waals surface area (Å²) in [5.41, 5.74) is 2.80. The number of nitrogens with one attached hydrogen (secondary N) is 1. The molecule has 2 aromatic heterocycles. The number of benzene rings is 2. The average Bonchev–Trinajstić information content (AvgIpc) is 3.63. The van der Waals surface area contributed by atoms with Gasteiger partial charge in [-0.05, 0) is 35.6 Å². The van der Waals surface area contributed by atoms with Gasteiger partial charge in [0.1, 0.15) is 18.8 Å². The van der Waals surface area contributed by atoms with Crippen LogP contribution in [0.5, 0.6) is 11.5 Å². The van der Waals surface area contributed by atoms with E-state index in [4.69, 9.17) is 24.2 Å². The average molecular weight is 628 g/mol. The third-order valence-corrected chi connectivity index (χ3v) is 7.89. The van der Waals surface area contributed by atoms with Crippen LogP contribution in [-0.2, 0) is 22.6 Å². The zero-order chi connectivity index (χ0) is 32.5. The summed E-state index contributed by atoms with van der Waals surface area (Å²) in [6.07, 6.45) is 5.51.